The van der Waals surface area contributed by atoms with Crippen LogP contribution in [0.2, 0.25) is 0 Å². The standard InChI is InChI=1S/C11H16N4O3S/c1-3-14-7-11(13-9(14)2)19(17,18)15-6-4-5-10(15)12-8-16/h7,10H,3-6H2,1-2H3. The largest absolute Gasteiger partial charge is 0.334 e. The van der Waals surface area contributed by atoms with E-state index >= 15 is 0 Å². The molecule has 2 rings (SSSR count). The van der Waals surface area contributed by atoms with E-state index in [1.54, 1.807) is 11.5 Å². The minimum absolute atomic E-state index is 0.0137. The number of sulfonamides is 1. The fourth-order valence-electron chi connectivity index (χ4n) is 2.24. The van der Waals surface area contributed by atoms with Crippen LogP contribution in [-0.2, 0) is 21.4 Å². The van der Waals surface area contributed by atoms with Crippen LogP contribution < -0.4 is 0 Å². The molecule has 8 heteroatoms. The summed E-state index contributed by atoms with van der Waals surface area (Å²) in [6.45, 7) is 4.69. The molecule has 1 saturated heterocycles. The molecule has 0 aromatic carbocycles. The summed E-state index contributed by atoms with van der Waals surface area (Å²) in [5.74, 6) is 0.649. The molecule has 2 heterocycles. The molecule has 7 nitrogen and oxygen atoms in total. The van der Waals surface area contributed by atoms with Crippen LogP contribution in [0.3, 0.4) is 0 Å². The molecule has 1 unspecified atom stereocenters. The molecule has 0 bridgehead atoms. The average Bonchev–Trinajstić information content (AvgIpc) is 2.96. The summed E-state index contributed by atoms with van der Waals surface area (Å²) in [6.07, 6.45) is 3.54. The molecule has 1 aromatic rings. The van der Waals surface area contributed by atoms with Gasteiger partial charge < -0.3 is 4.57 Å². The van der Waals surface area contributed by atoms with E-state index in [0.29, 0.717) is 31.8 Å². The van der Waals surface area contributed by atoms with Gasteiger partial charge in [0.1, 0.15) is 12.0 Å². The van der Waals surface area contributed by atoms with Crippen LogP contribution in [0, 0.1) is 6.92 Å². The van der Waals surface area contributed by atoms with Gasteiger partial charge in [0.15, 0.2) is 5.03 Å². The zero-order chi connectivity index (χ0) is 14.0. The Kier molecular flexibility index (Phi) is 3.84. The molecule has 1 aliphatic rings. The first kappa shape index (κ1) is 13.9. The van der Waals surface area contributed by atoms with E-state index in [1.807, 2.05) is 6.92 Å². The molecule has 104 valence electrons. The lowest BCUT2D eigenvalue weighted by molar-refractivity contribution is 0.394. The molecule has 1 aliphatic heterocycles. The number of aryl methyl sites for hydroxylation is 2. The van der Waals surface area contributed by atoms with E-state index in [4.69, 9.17) is 0 Å². The first-order valence-corrected chi connectivity index (χ1v) is 7.57. The van der Waals surface area contributed by atoms with Crippen molar-refractivity contribution in [3.63, 3.8) is 0 Å². The van der Waals surface area contributed by atoms with Gasteiger partial charge in [0.05, 0.1) is 0 Å². The van der Waals surface area contributed by atoms with E-state index in [0.717, 1.165) is 0 Å². The Morgan fingerprint density at radius 2 is 2.32 bits per heavy atom. The van der Waals surface area contributed by atoms with Crippen molar-refractivity contribution in [1.82, 2.24) is 13.9 Å². The Labute approximate surface area is 112 Å². The Morgan fingerprint density at radius 1 is 1.58 bits per heavy atom. The van der Waals surface area contributed by atoms with Gasteiger partial charge in [-0.25, -0.2) is 18.2 Å². The molecule has 19 heavy (non-hydrogen) atoms. The number of hydrogen-bond donors (Lipinski definition) is 0. The third-order valence-corrected chi connectivity index (χ3v) is 5.01. The van der Waals surface area contributed by atoms with E-state index in [9.17, 15) is 13.2 Å². The fourth-order valence-corrected chi connectivity index (χ4v) is 3.83. The summed E-state index contributed by atoms with van der Waals surface area (Å²) in [7, 11) is -3.69. The maximum Gasteiger partial charge on any atom is 0.263 e. The molecule has 1 aromatic heterocycles. The molecular formula is C11H16N4O3S. The van der Waals surface area contributed by atoms with Crippen LogP contribution in [0.15, 0.2) is 16.2 Å². The summed E-state index contributed by atoms with van der Waals surface area (Å²) in [5.41, 5.74) is 0. The number of rotatable bonds is 4. The normalized spacial score (nSPS) is 20.4. The smallest absolute Gasteiger partial charge is 0.263 e. The molecule has 0 radical (unpaired) electrons. The van der Waals surface area contributed by atoms with Crippen LogP contribution in [0.1, 0.15) is 25.6 Å². The van der Waals surface area contributed by atoms with Gasteiger partial charge >= 0.3 is 0 Å². The third-order valence-electron chi connectivity index (χ3n) is 3.24. The quantitative estimate of drug-likeness (QED) is 0.600. The minimum atomic E-state index is -3.69. The lowest BCUT2D eigenvalue weighted by atomic mass is 10.3. The highest BCUT2D eigenvalue weighted by atomic mass is 32.2. The maximum absolute atomic E-state index is 12.5. The van der Waals surface area contributed by atoms with Crippen LogP contribution in [0.4, 0.5) is 0 Å². The third kappa shape index (κ3) is 2.47. The number of imidazole rings is 1. The molecule has 0 saturated carbocycles. The van der Waals surface area contributed by atoms with Crippen molar-refractivity contribution in [3.05, 3.63) is 12.0 Å². The number of isocyanates is 1. The van der Waals surface area contributed by atoms with Crippen LogP contribution in [0.5, 0.6) is 0 Å². The van der Waals surface area contributed by atoms with Crippen molar-refractivity contribution in [3.8, 4) is 0 Å². The molecular weight excluding hydrogens is 268 g/mol. The molecule has 0 aliphatic carbocycles. The van der Waals surface area contributed by atoms with E-state index in [1.165, 1.54) is 16.6 Å². The lowest BCUT2D eigenvalue weighted by Gasteiger charge is -2.18. The monoisotopic (exact) mass is 284 g/mol. The van der Waals surface area contributed by atoms with Crippen molar-refractivity contribution in [2.45, 2.75) is 44.4 Å². The number of aromatic nitrogens is 2. The zero-order valence-corrected chi connectivity index (χ0v) is 11.7. The molecule has 1 atom stereocenters. The second-order valence-corrected chi connectivity index (χ2v) is 6.21. The van der Waals surface area contributed by atoms with Gasteiger partial charge in [-0.3, -0.25) is 0 Å². The second kappa shape index (κ2) is 5.24. The van der Waals surface area contributed by atoms with Gasteiger partial charge in [0.2, 0.25) is 6.08 Å². The van der Waals surface area contributed by atoms with E-state index < -0.39 is 16.2 Å². The number of nitrogens with zero attached hydrogens (tertiary/aromatic N) is 4. The van der Waals surface area contributed by atoms with E-state index in [2.05, 4.69) is 9.98 Å². The predicted octanol–water partition coefficient (Wildman–Crippen LogP) is 0.658. The molecule has 0 spiro atoms. The first-order chi connectivity index (χ1) is 9.00. The van der Waals surface area contributed by atoms with Gasteiger partial charge in [-0.2, -0.15) is 9.30 Å². The minimum Gasteiger partial charge on any atom is -0.334 e. The summed E-state index contributed by atoms with van der Waals surface area (Å²) >= 11 is 0. The van der Waals surface area contributed by atoms with Crippen molar-refractivity contribution in [2.75, 3.05) is 6.54 Å². The SMILES string of the molecule is CCn1cc(S(=O)(=O)N2CCCC2N=C=O)nc1C. The van der Waals surface area contributed by atoms with E-state index in [-0.39, 0.29) is 5.03 Å². The molecule has 0 amide bonds. The number of hydrogen-bond acceptors (Lipinski definition) is 5. The highest BCUT2D eigenvalue weighted by Gasteiger charge is 2.36. The van der Waals surface area contributed by atoms with Crippen molar-refractivity contribution < 1.29 is 13.2 Å². The van der Waals surface area contributed by atoms with Gasteiger partial charge in [-0.05, 0) is 26.7 Å². The van der Waals surface area contributed by atoms with Gasteiger partial charge in [0, 0.05) is 19.3 Å². The summed E-state index contributed by atoms with van der Waals surface area (Å²) < 4.78 is 27.9. The fraction of sp³-hybridized carbons (Fsp3) is 0.636. The zero-order valence-electron chi connectivity index (χ0n) is 10.9. The maximum atomic E-state index is 12.5. The Bertz CT molecular complexity index is 616. The highest BCUT2D eigenvalue weighted by Crippen LogP contribution is 2.26. The molecule has 1 fully saturated rings. The molecule has 0 N–H and O–H groups in total. The van der Waals surface area contributed by atoms with Crippen molar-refractivity contribution in [2.24, 2.45) is 4.99 Å². The lowest BCUT2D eigenvalue weighted by Crippen LogP contribution is -2.34. The van der Waals surface area contributed by atoms with Crippen molar-refractivity contribution in [1.29, 1.82) is 0 Å². The van der Waals surface area contributed by atoms with Gasteiger partial charge in [0.25, 0.3) is 10.0 Å². The van der Waals surface area contributed by atoms with Gasteiger partial charge in [-0.15, -0.1) is 0 Å². The van der Waals surface area contributed by atoms with Crippen LogP contribution in [0.25, 0.3) is 0 Å². The second-order valence-electron chi connectivity index (χ2n) is 4.37. The topological polar surface area (TPSA) is 84.6 Å². The predicted molar refractivity (Wildman–Crippen MR) is 67.7 cm³/mol. The number of aliphatic imine (C=N–C) groups is 1. The highest BCUT2D eigenvalue weighted by molar-refractivity contribution is 7.89. The van der Waals surface area contributed by atoms with Crippen LogP contribution in [-0.4, -0.2) is 41.1 Å². The van der Waals surface area contributed by atoms with Crippen molar-refractivity contribution >= 4 is 16.1 Å². The first-order valence-electron chi connectivity index (χ1n) is 6.13. The Morgan fingerprint density at radius 3 is 2.89 bits per heavy atom. The van der Waals surface area contributed by atoms with Crippen LogP contribution >= 0.6 is 0 Å². The van der Waals surface area contributed by atoms with Gasteiger partial charge in [-0.1, -0.05) is 0 Å². The number of carbonyl (C=O) groups excluding carboxylic acids is 1. The average molecular weight is 284 g/mol. The Balaban J connectivity index is 2.38. The Hall–Kier alpha value is -1.50. The summed E-state index contributed by atoms with van der Waals surface area (Å²) in [6, 6.07) is 0. The summed E-state index contributed by atoms with van der Waals surface area (Å²) in [5, 5.41) is 0.0137. The summed E-state index contributed by atoms with van der Waals surface area (Å²) in [4.78, 5) is 18.0.